The first-order chi connectivity index (χ1) is 20.0. The number of hydrogen-bond acceptors (Lipinski definition) is 7. The van der Waals surface area contributed by atoms with Crippen LogP contribution in [0.4, 0.5) is 0 Å². The van der Waals surface area contributed by atoms with E-state index in [1.807, 2.05) is 40.7 Å². The second-order valence-corrected chi connectivity index (χ2v) is 11.7. The zero-order valence-corrected chi connectivity index (χ0v) is 28.3. The Morgan fingerprint density at radius 3 is 2.49 bits per heavy atom. The minimum absolute atomic E-state index is 0. The third-order valence-corrected chi connectivity index (χ3v) is 9.50. The molecule has 3 atom stereocenters. The molecule has 3 aromatic rings. The number of esters is 1. The van der Waals surface area contributed by atoms with Gasteiger partial charge in [-0.15, -0.1) is 22.1 Å². The molecule has 216 valence electrons. The monoisotopic (exact) mass is 628 g/mol. The van der Waals surface area contributed by atoms with Gasteiger partial charge >= 0.3 is 25.4 Å². The molecular weight excluding hydrogens is 598 g/mol. The Bertz CT molecular complexity index is 1890. The number of rotatable bonds is 5. The maximum absolute atomic E-state index is 13.7. The molecule has 2 aliphatic heterocycles. The maximum Gasteiger partial charge on any atom is 2.00 e. The van der Waals surface area contributed by atoms with E-state index < -0.39 is 5.41 Å². The summed E-state index contributed by atoms with van der Waals surface area (Å²) in [5.41, 5.74) is 6.69. The molecule has 0 fully saturated rings. The topological polar surface area (TPSA) is 131 Å². The molecular formula is C33H32N4O5Zn. The molecule has 3 aromatic heterocycles. The number of carbonyl (C=O) groups excluding carboxylic acids is 4. The van der Waals surface area contributed by atoms with E-state index in [1.165, 1.54) is 7.11 Å². The van der Waals surface area contributed by atoms with Crippen molar-refractivity contribution in [3.05, 3.63) is 68.8 Å². The first kappa shape index (κ1) is 30.7. The maximum atomic E-state index is 13.7. The molecule has 3 aliphatic rings. The average molecular weight is 630 g/mol. The standard InChI is InChI=1S/C33H33N4O5.Zn/c1-7-33(5)27-13-24-20(14-38)16(3)21(34-24)11-22-15(2)18(8-9-28(40)42-6)30(36-22)19-10-26(39)29-17(4)23(37-31(19)29)12-25(35-27)32(33)41;/h11-15,18H,7-10H2,1-6H3,(H-,34,35,36,37,38,39,41);/q-1;+2/p-1/t15-,18-,33?;/m0./s1. The Balaban J connectivity index is 0.00000368. The number of aromatic nitrogens is 4. The molecule has 8 bridgehead atoms. The SMILES string of the molecule is CCC1(C)C(=O)c2cc3[n-]c4c(c5nc(cc6[n-]c(cc1n2)c(C=O)c6C)[C@@H](C)[C@@H]5CCC(=O)OC)CC(=O)c4c3C.[Zn+2]. The van der Waals surface area contributed by atoms with E-state index in [4.69, 9.17) is 24.7 Å². The number of carbonyl (C=O) groups is 4. The molecule has 0 saturated heterocycles. The van der Waals surface area contributed by atoms with Crippen LogP contribution >= 0.6 is 0 Å². The summed E-state index contributed by atoms with van der Waals surface area (Å²) in [6.07, 6.45) is 2.15. The summed E-state index contributed by atoms with van der Waals surface area (Å²) in [5, 5.41) is 0. The van der Waals surface area contributed by atoms with Gasteiger partial charge in [-0.25, -0.2) is 4.98 Å². The van der Waals surface area contributed by atoms with Gasteiger partial charge in [0.05, 0.1) is 18.2 Å². The van der Waals surface area contributed by atoms with Crippen molar-refractivity contribution in [3.8, 4) is 0 Å². The largest absolute Gasteiger partial charge is 2.00 e. The number of Topliss-reactive ketones (excluding diaryl/α,β-unsaturated/α-hetero) is 2. The fourth-order valence-electron chi connectivity index (χ4n) is 6.53. The molecule has 0 saturated carbocycles. The summed E-state index contributed by atoms with van der Waals surface area (Å²) >= 11 is 0. The number of methoxy groups -OCH3 is 1. The average Bonchev–Trinajstić information content (AvgIpc) is 3.71. The van der Waals surface area contributed by atoms with Crippen LogP contribution in [0.25, 0.3) is 22.1 Å². The van der Waals surface area contributed by atoms with E-state index in [-0.39, 0.29) is 67.4 Å². The number of aryl methyl sites for hydroxylation is 2. The van der Waals surface area contributed by atoms with Gasteiger partial charge in [-0.1, -0.05) is 37.1 Å². The molecule has 5 heterocycles. The molecule has 10 heteroatoms. The van der Waals surface area contributed by atoms with Crippen LogP contribution in [-0.4, -0.2) is 40.9 Å². The Hall–Kier alpha value is -3.78. The fourth-order valence-corrected chi connectivity index (χ4v) is 6.53. The molecule has 43 heavy (non-hydrogen) atoms. The van der Waals surface area contributed by atoms with Crippen molar-refractivity contribution in [2.45, 2.75) is 77.6 Å². The second kappa shape index (κ2) is 11.1. The van der Waals surface area contributed by atoms with Crippen LogP contribution in [0, 0.1) is 13.8 Å². The van der Waals surface area contributed by atoms with Crippen molar-refractivity contribution in [1.29, 1.82) is 0 Å². The Labute approximate surface area is 262 Å². The van der Waals surface area contributed by atoms with E-state index >= 15 is 0 Å². The first-order valence-electron chi connectivity index (χ1n) is 14.3. The number of ether oxygens (including phenoxy) is 1. The van der Waals surface area contributed by atoms with E-state index in [2.05, 4.69) is 0 Å². The summed E-state index contributed by atoms with van der Waals surface area (Å²) in [6.45, 7) is 9.52. The fraction of sp³-hybridized carbons (Fsp3) is 0.394. The molecule has 1 aliphatic carbocycles. The van der Waals surface area contributed by atoms with Crippen molar-refractivity contribution < 1.29 is 43.4 Å². The van der Waals surface area contributed by atoms with Crippen molar-refractivity contribution in [2.75, 3.05) is 7.11 Å². The number of fused-ring (bicyclic) bond motifs is 8. The van der Waals surface area contributed by atoms with Crippen LogP contribution in [0.1, 0.15) is 117 Å². The summed E-state index contributed by atoms with van der Waals surface area (Å²) < 4.78 is 4.91. The van der Waals surface area contributed by atoms with E-state index in [0.29, 0.717) is 62.9 Å². The van der Waals surface area contributed by atoms with Gasteiger partial charge in [0.2, 0.25) is 0 Å². The predicted molar refractivity (Wildman–Crippen MR) is 156 cm³/mol. The molecule has 0 amide bonds. The van der Waals surface area contributed by atoms with Crippen LogP contribution in [0.5, 0.6) is 0 Å². The molecule has 6 rings (SSSR count). The van der Waals surface area contributed by atoms with Crippen molar-refractivity contribution in [3.63, 3.8) is 0 Å². The third-order valence-electron chi connectivity index (χ3n) is 9.50. The van der Waals surface area contributed by atoms with Crippen LogP contribution in [0.15, 0.2) is 18.2 Å². The van der Waals surface area contributed by atoms with Crippen LogP contribution in [0.3, 0.4) is 0 Å². The molecule has 0 spiro atoms. The summed E-state index contributed by atoms with van der Waals surface area (Å²) in [7, 11) is 1.37. The minimum Gasteiger partial charge on any atom is -0.657 e. The van der Waals surface area contributed by atoms with Crippen LogP contribution in [-0.2, 0) is 40.8 Å². The number of hydrogen-bond donors (Lipinski definition) is 0. The van der Waals surface area contributed by atoms with Gasteiger partial charge in [-0.2, -0.15) is 0 Å². The zero-order valence-electron chi connectivity index (χ0n) is 25.3. The molecule has 0 aromatic carbocycles. The van der Waals surface area contributed by atoms with Gasteiger partial charge < -0.3 is 14.7 Å². The predicted octanol–water partition coefficient (Wildman–Crippen LogP) is 5.13. The first-order valence-corrected chi connectivity index (χ1v) is 14.3. The van der Waals surface area contributed by atoms with Gasteiger partial charge in [-0.05, 0) is 45.2 Å². The minimum atomic E-state index is -0.895. The Kier molecular flexibility index (Phi) is 7.88. The molecule has 0 N–H and O–H groups in total. The van der Waals surface area contributed by atoms with Gasteiger partial charge in [0.15, 0.2) is 11.6 Å². The third kappa shape index (κ3) is 4.62. The summed E-state index contributed by atoms with van der Waals surface area (Å²) in [5.74, 6) is -0.742. The van der Waals surface area contributed by atoms with E-state index in [0.717, 1.165) is 23.2 Å². The number of aldehydes is 1. The van der Waals surface area contributed by atoms with Gasteiger partial charge in [0.1, 0.15) is 12.0 Å². The Morgan fingerprint density at radius 1 is 1.09 bits per heavy atom. The molecule has 1 unspecified atom stereocenters. The van der Waals surface area contributed by atoms with Crippen molar-refractivity contribution in [1.82, 2.24) is 19.9 Å². The quantitative estimate of drug-likeness (QED) is 0.214. The second-order valence-electron chi connectivity index (χ2n) is 11.7. The Morgan fingerprint density at radius 2 is 1.81 bits per heavy atom. The van der Waals surface area contributed by atoms with Gasteiger partial charge in [-0.3, -0.25) is 24.2 Å². The van der Waals surface area contributed by atoms with Gasteiger partial charge in [0.25, 0.3) is 0 Å². The van der Waals surface area contributed by atoms with E-state index in [1.54, 1.807) is 12.1 Å². The zero-order chi connectivity index (χ0) is 30.1. The number of ketones is 2. The number of nitrogens with zero attached hydrogens (tertiary/aromatic N) is 4. The molecule has 0 radical (unpaired) electrons. The van der Waals surface area contributed by atoms with Crippen LogP contribution in [0.2, 0.25) is 0 Å². The smallest absolute Gasteiger partial charge is 0.657 e. The summed E-state index contributed by atoms with van der Waals surface area (Å²) in [6, 6.07) is 5.28. The van der Waals surface area contributed by atoms with E-state index in [9.17, 15) is 19.2 Å². The molecule has 9 nitrogen and oxygen atoms in total. The van der Waals surface area contributed by atoms with Crippen molar-refractivity contribution in [2.24, 2.45) is 0 Å². The van der Waals surface area contributed by atoms with Crippen LogP contribution < -0.4 is 9.97 Å². The normalized spacial score (nSPS) is 20.7. The van der Waals surface area contributed by atoms with Gasteiger partial charge in [0, 0.05) is 47.2 Å². The summed E-state index contributed by atoms with van der Waals surface area (Å²) in [4.78, 5) is 70.9. The van der Waals surface area contributed by atoms with Crippen molar-refractivity contribution >= 4 is 45.9 Å².